The molecule has 0 aliphatic heterocycles. The van der Waals surface area contributed by atoms with Gasteiger partial charge in [-0.15, -0.1) is 0 Å². The molecule has 0 fully saturated rings. The zero-order valence-electron chi connectivity index (χ0n) is 13.9. The summed E-state index contributed by atoms with van der Waals surface area (Å²) in [5.74, 6) is -7.46. The van der Waals surface area contributed by atoms with E-state index in [9.17, 15) is 22.7 Å². The fraction of sp³-hybridized carbons (Fsp3) is 0.222. The topological polar surface area (TPSA) is 84.1 Å². The predicted octanol–water partition coefficient (Wildman–Crippen LogP) is 2.84. The molecular weight excluding hydrogens is 366 g/mol. The number of benzene rings is 1. The van der Waals surface area contributed by atoms with Crippen LogP contribution in [-0.2, 0) is 0 Å². The number of aliphatic hydroxyl groups excluding tert-OH is 2. The second-order valence-electron chi connectivity index (χ2n) is 5.95. The highest BCUT2D eigenvalue weighted by atomic mass is 19.2. The number of aliphatic hydroxyl groups is 2. The molecule has 0 aliphatic rings. The summed E-state index contributed by atoms with van der Waals surface area (Å²) in [7, 11) is 0. The normalized spacial score (nSPS) is 12.6. The van der Waals surface area contributed by atoms with Gasteiger partial charge in [-0.05, 0) is 24.3 Å². The number of H-pyrrole nitrogens is 2. The zero-order valence-corrected chi connectivity index (χ0v) is 13.9. The average molecular weight is 383 g/mol. The molecule has 0 amide bonds. The van der Waals surface area contributed by atoms with Crippen molar-refractivity contribution in [2.24, 2.45) is 0 Å². The van der Waals surface area contributed by atoms with E-state index in [0.29, 0.717) is 11.4 Å². The van der Waals surface area contributed by atoms with Crippen molar-refractivity contribution in [3.05, 3.63) is 76.9 Å². The number of aromatic amines is 2. The molecule has 0 saturated carbocycles. The van der Waals surface area contributed by atoms with Gasteiger partial charge in [0.15, 0.2) is 23.3 Å². The third-order valence-corrected chi connectivity index (χ3v) is 4.18. The molecule has 2 aromatic heterocycles. The Bertz CT molecular complexity index is 835. The molecule has 1 atom stereocenters. The predicted molar refractivity (Wildman–Crippen MR) is 90.4 cm³/mol. The van der Waals surface area contributed by atoms with Crippen molar-refractivity contribution < 1.29 is 27.8 Å². The standard InChI is InChI=1S/C18H17F4N3O2/c19-14-13(12(10-3-1-5-23-10)11-4-2-6-24-11)15(20)17(22)18(16(14)21)25-7-9(27)8-26/h1-6,9,12,23-27H,7-8H2. The lowest BCUT2D eigenvalue weighted by Crippen LogP contribution is -2.25. The van der Waals surface area contributed by atoms with Gasteiger partial charge in [0.2, 0.25) is 0 Å². The van der Waals surface area contributed by atoms with Crippen molar-refractivity contribution in [3.8, 4) is 0 Å². The van der Waals surface area contributed by atoms with E-state index in [0.717, 1.165) is 0 Å². The second kappa shape index (κ2) is 7.85. The Kier molecular flexibility index (Phi) is 5.52. The highest BCUT2D eigenvalue weighted by molar-refractivity contribution is 5.52. The van der Waals surface area contributed by atoms with Gasteiger partial charge in [0.1, 0.15) is 5.69 Å². The summed E-state index contributed by atoms with van der Waals surface area (Å²) in [4.78, 5) is 5.61. The quantitative estimate of drug-likeness (QED) is 0.321. The van der Waals surface area contributed by atoms with E-state index in [1.807, 2.05) is 0 Å². The fourth-order valence-corrected chi connectivity index (χ4v) is 2.87. The van der Waals surface area contributed by atoms with Crippen LogP contribution in [0.4, 0.5) is 23.2 Å². The van der Waals surface area contributed by atoms with Crippen molar-refractivity contribution in [1.82, 2.24) is 9.97 Å². The van der Waals surface area contributed by atoms with Gasteiger partial charge in [-0.2, -0.15) is 0 Å². The van der Waals surface area contributed by atoms with Gasteiger partial charge in [0.25, 0.3) is 0 Å². The van der Waals surface area contributed by atoms with Gasteiger partial charge in [0, 0.05) is 35.9 Å². The highest BCUT2D eigenvalue weighted by Crippen LogP contribution is 2.38. The maximum Gasteiger partial charge on any atom is 0.185 e. The van der Waals surface area contributed by atoms with Crippen LogP contribution in [0.15, 0.2) is 36.7 Å². The maximum absolute atomic E-state index is 14.8. The monoisotopic (exact) mass is 383 g/mol. The van der Waals surface area contributed by atoms with Crippen molar-refractivity contribution in [2.75, 3.05) is 18.5 Å². The van der Waals surface area contributed by atoms with Crippen molar-refractivity contribution in [1.29, 1.82) is 0 Å². The molecule has 0 spiro atoms. The number of aromatic nitrogens is 2. The van der Waals surface area contributed by atoms with E-state index in [-0.39, 0.29) is 0 Å². The molecule has 1 aromatic carbocycles. The van der Waals surface area contributed by atoms with E-state index in [2.05, 4.69) is 15.3 Å². The highest BCUT2D eigenvalue weighted by Gasteiger charge is 2.32. The summed E-state index contributed by atoms with van der Waals surface area (Å²) in [6.07, 6.45) is 1.71. The Morgan fingerprint density at radius 2 is 1.41 bits per heavy atom. The molecule has 3 rings (SSSR count). The minimum Gasteiger partial charge on any atom is -0.394 e. The molecule has 1 unspecified atom stereocenters. The van der Waals surface area contributed by atoms with Crippen LogP contribution < -0.4 is 5.32 Å². The third kappa shape index (κ3) is 3.56. The Balaban J connectivity index is 2.12. The minimum absolute atomic E-state index is 0.338. The lowest BCUT2D eigenvalue weighted by atomic mass is 9.91. The van der Waals surface area contributed by atoms with Crippen LogP contribution in [0.5, 0.6) is 0 Å². The van der Waals surface area contributed by atoms with Crippen LogP contribution in [0.1, 0.15) is 22.9 Å². The smallest absolute Gasteiger partial charge is 0.185 e. The fourth-order valence-electron chi connectivity index (χ4n) is 2.87. The number of hydrogen-bond donors (Lipinski definition) is 5. The van der Waals surface area contributed by atoms with Gasteiger partial charge >= 0.3 is 0 Å². The number of nitrogens with one attached hydrogen (secondary N) is 3. The molecule has 0 saturated heterocycles. The summed E-state index contributed by atoms with van der Waals surface area (Å²) in [6, 6.07) is 6.29. The molecule has 27 heavy (non-hydrogen) atoms. The molecule has 5 N–H and O–H groups in total. The van der Waals surface area contributed by atoms with Gasteiger partial charge in [0.05, 0.1) is 18.6 Å². The molecular formula is C18H17F4N3O2. The number of rotatable bonds is 7. The Hall–Kier alpha value is -2.78. The van der Waals surface area contributed by atoms with Crippen LogP contribution in [0.2, 0.25) is 0 Å². The molecule has 144 valence electrons. The number of hydrogen-bond acceptors (Lipinski definition) is 3. The van der Waals surface area contributed by atoms with Gasteiger partial charge < -0.3 is 25.5 Å². The van der Waals surface area contributed by atoms with Crippen molar-refractivity contribution in [3.63, 3.8) is 0 Å². The summed E-state index contributed by atoms with van der Waals surface area (Å²) < 4.78 is 58.5. The second-order valence-corrected chi connectivity index (χ2v) is 5.95. The van der Waals surface area contributed by atoms with Crippen LogP contribution in [-0.4, -0.2) is 39.4 Å². The SMILES string of the molecule is OCC(O)CNc1c(F)c(F)c(C(c2ccc[nH]2)c2ccc[nH]2)c(F)c1F. The van der Waals surface area contributed by atoms with Gasteiger partial charge in [-0.25, -0.2) is 17.6 Å². The molecule has 9 heteroatoms. The van der Waals surface area contributed by atoms with Crippen LogP contribution in [0, 0.1) is 23.3 Å². The van der Waals surface area contributed by atoms with Crippen LogP contribution in [0.3, 0.4) is 0 Å². The van der Waals surface area contributed by atoms with Crippen molar-refractivity contribution in [2.45, 2.75) is 12.0 Å². The van der Waals surface area contributed by atoms with Crippen LogP contribution in [0.25, 0.3) is 0 Å². The van der Waals surface area contributed by atoms with E-state index < -0.39 is 59.7 Å². The lowest BCUT2D eigenvalue weighted by Gasteiger charge is -2.20. The first-order valence-electron chi connectivity index (χ1n) is 8.10. The molecule has 0 radical (unpaired) electrons. The first kappa shape index (κ1) is 19.0. The number of halogens is 4. The van der Waals surface area contributed by atoms with Gasteiger partial charge in [-0.1, -0.05) is 0 Å². The molecule has 5 nitrogen and oxygen atoms in total. The third-order valence-electron chi connectivity index (χ3n) is 4.18. The first-order valence-corrected chi connectivity index (χ1v) is 8.10. The molecule has 3 aromatic rings. The maximum atomic E-state index is 14.8. The number of anilines is 1. The van der Waals surface area contributed by atoms with Gasteiger partial charge in [-0.3, -0.25) is 0 Å². The Morgan fingerprint density at radius 3 is 1.81 bits per heavy atom. The van der Waals surface area contributed by atoms with Crippen molar-refractivity contribution >= 4 is 5.69 Å². The summed E-state index contributed by atoms with van der Waals surface area (Å²) >= 11 is 0. The van der Waals surface area contributed by atoms with Crippen LogP contribution >= 0.6 is 0 Å². The largest absolute Gasteiger partial charge is 0.394 e. The zero-order chi connectivity index (χ0) is 19.6. The summed E-state index contributed by atoms with van der Waals surface area (Å²) in [5, 5.41) is 20.1. The molecule has 0 aliphatic carbocycles. The Labute approximate surface area is 151 Å². The summed E-state index contributed by atoms with van der Waals surface area (Å²) in [6.45, 7) is -1.17. The molecule has 0 bridgehead atoms. The average Bonchev–Trinajstić information content (AvgIpc) is 3.37. The summed E-state index contributed by atoms with van der Waals surface area (Å²) in [5.41, 5.74) is -1.16. The van der Waals surface area contributed by atoms with E-state index in [1.165, 1.54) is 12.4 Å². The minimum atomic E-state index is -1.61. The lowest BCUT2D eigenvalue weighted by molar-refractivity contribution is 0.105. The van der Waals surface area contributed by atoms with E-state index in [1.54, 1.807) is 24.3 Å². The van der Waals surface area contributed by atoms with E-state index in [4.69, 9.17) is 5.11 Å². The van der Waals surface area contributed by atoms with E-state index >= 15 is 0 Å². The molecule has 2 heterocycles. The first-order chi connectivity index (χ1) is 13.0. The Morgan fingerprint density at radius 1 is 0.889 bits per heavy atom.